The smallest absolute Gasteiger partial charge is 0.227 e. The summed E-state index contributed by atoms with van der Waals surface area (Å²) in [6.07, 6.45) is 6.32. The third-order valence-electron chi connectivity index (χ3n) is 5.19. The summed E-state index contributed by atoms with van der Waals surface area (Å²) in [5, 5.41) is 0. The van der Waals surface area contributed by atoms with Gasteiger partial charge in [0, 0.05) is 49.8 Å². The van der Waals surface area contributed by atoms with Gasteiger partial charge in [0.1, 0.15) is 11.9 Å². The van der Waals surface area contributed by atoms with E-state index in [9.17, 15) is 4.79 Å². The molecule has 1 amide bonds. The minimum absolute atomic E-state index is 0.180. The first-order valence-electron chi connectivity index (χ1n) is 9.53. The molecule has 0 radical (unpaired) electrons. The zero-order valence-corrected chi connectivity index (χ0v) is 16.7. The van der Waals surface area contributed by atoms with Crippen LogP contribution in [0.3, 0.4) is 0 Å². The molecule has 1 unspecified atom stereocenters. The Morgan fingerprint density at radius 1 is 1.22 bits per heavy atom. The fraction of sp³-hybridized carbons (Fsp3) is 0.429. The van der Waals surface area contributed by atoms with E-state index in [1.54, 1.807) is 11.1 Å². The maximum atomic E-state index is 11.9. The third-order valence-corrected chi connectivity index (χ3v) is 6.15. The van der Waals surface area contributed by atoms with E-state index >= 15 is 0 Å². The summed E-state index contributed by atoms with van der Waals surface area (Å²) in [6, 6.07) is 8.34. The van der Waals surface area contributed by atoms with Crippen LogP contribution in [0.5, 0.6) is 5.75 Å². The second-order valence-corrected chi connectivity index (χ2v) is 8.39. The minimum Gasteiger partial charge on any atom is -0.487 e. The van der Waals surface area contributed by atoms with Gasteiger partial charge in [0.2, 0.25) is 5.91 Å². The number of carbonyl (C=O) groups is 1. The fourth-order valence-corrected chi connectivity index (χ4v) is 4.63. The highest BCUT2D eigenvalue weighted by molar-refractivity contribution is 7.96. The number of anilines is 1. The van der Waals surface area contributed by atoms with Crippen molar-refractivity contribution in [1.82, 2.24) is 9.29 Å². The van der Waals surface area contributed by atoms with Crippen LogP contribution in [0.2, 0.25) is 0 Å². The topological polar surface area (TPSA) is 45.7 Å². The number of benzene rings is 1. The number of fused-ring (bicyclic) bond motifs is 1. The van der Waals surface area contributed by atoms with Gasteiger partial charge >= 0.3 is 0 Å². The van der Waals surface area contributed by atoms with Crippen LogP contribution in [0, 0.1) is 0 Å². The van der Waals surface area contributed by atoms with E-state index in [0.717, 1.165) is 54.2 Å². The fourth-order valence-electron chi connectivity index (χ4n) is 3.76. The molecule has 6 heteroatoms. The van der Waals surface area contributed by atoms with Crippen molar-refractivity contribution in [2.75, 3.05) is 30.8 Å². The van der Waals surface area contributed by atoms with Crippen molar-refractivity contribution in [1.29, 1.82) is 0 Å². The zero-order chi connectivity index (χ0) is 18.8. The first kappa shape index (κ1) is 18.3. The SMILES string of the molecule is CCSN1CCC(Oc2cncc(-c3ccc4c(c3)CCC(=O)N4C)c2)C1. The molecule has 1 fully saturated rings. The second-order valence-electron chi connectivity index (χ2n) is 7.04. The van der Waals surface area contributed by atoms with Gasteiger partial charge in [-0.1, -0.05) is 24.9 Å². The molecule has 27 heavy (non-hydrogen) atoms. The molecule has 1 aromatic carbocycles. The Labute approximate surface area is 164 Å². The summed E-state index contributed by atoms with van der Waals surface area (Å²) in [4.78, 5) is 18.0. The quantitative estimate of drug-likeness (QED) is 0.736. The second kappa shape index (κ2) is 7.90. The number of rotatable bonds is 5. The van der Waals surface area contributed by atoms with Crippen LogP contribution in [-0.4, -0.2) is 47.2 Å². The molecule has 1 atom stereocenters. The number of hydrogen-bond donors (Lipinski definition) is 0. The highest BCUT2D eigenvalue weighted by Crippen LogP contribution is 2.32. The molecule has 0 aliphatic carbocycles. The monoisotopic (exact) mass is 383 g/mol. The number of aryl methyl sites for hydroxylation is 1. The lowest BCUT2D eigenvalue weighted by atomic mass is 9.97. The summed E-state index contributed by atoms with van der Waals surface area (Å²) >= 11 is 1.88. The molecule has 0 bridgehead atoms. The van der Waals surface area contributed by atoms with Crippen molar-refractivity contribution < 1.29 is 9.53 Å². The molecular weight excluding hydrogens is 358 g/mol. The summed E-state index contributed by atoms with van der Waals surface area (Å²) in [5.41, 5.74) is 4.38. The Morgan fingerprint density at radius 3 is 2.96 bits per heavy atom. The molecule has 2 aliphatic heterocycles. The normalized spacial score (nSPS) is 20.0. The zero-order valence-electron chi connectivity index (χ0n) is 15.9. The van der Waals surface area contributed by atoms with Crippen molar-refractivity contribution >= 4 is 23.5 Å². The van der Waals surface area contributed by atoms with Gasteiger partial charge in [-0.3, -0.25) is 9.78 Å². The predicted octanol–water partition coefficient (Wildman–Crippen LogP) is 3.78. The van der Waals surface area contributed by atoms with Crippen LogP contribution in [0.25, 0.3) is 11.1 Å². The van der Waals surface area contributed by atoms with Crippen LogP contribution in [0.4, 0.5) is 5.69 Å². The highest BCUT2D eigenvalue weighted by Gasteiger charge is 2.24. The van der Waals surface area contributed by atoms with Crippen molar-refractivity contribution in [2.24, 2.45) is 0 Å². The molecule has 2 aromatic rings. The maximum absolute atomic E-state index is 11.9. The standard InChI is InChI=1S/C21H25N3O2S/c1-3-27-24-9-8-18(14-24)26-19-11-17(12-22-13-19)15-4-6-20-16(10-15)5-7-21(25)23(20)2/h4,6,10-13,18H,3,5,7-9,14H2,1-2H3. The van der Waals surface area contributed by atoms with E-state index in [0.29, 0.717) is 6.42 Å². The van der Waals surface area contributed by atoms with Crippen molar-refractivity contribution in [3.63, 3.8) is 0 Å². The summed E-state index contributed by atoms with van der Waals surface area (Å²) < 4.78 is 8.57. The Hall–Kier alpha value is -2.05. The lowest BCUT2D eigenvalue weighted by molar-refractivity contribution is -0.118. The molecule has 1 aromatic heterocycles. The van der Waals surface area contributed by atoms with Crippen LogP contribution in [0.15, 0.2) is 36.7 Å². The molecule has 3 heterocycles. The first-order chi connectivity index (χ1) is 13.1. The molecule has 1 saturated heterocycles. The van der Waals surface area contributed by atoms with Crippen molar-refractivity contribution in [3.05, 3.63) is 42.2 Å². The van der Waals surface area contributed by atoms with Gasteiger partial charge in [-0.15, -0.1) is 0 Å². The van der Waals surface area contributed by atoms with E-state index < -0.39 is 0 Å². The van der Waals surface area contributed by atoms with E-state index in [-0.39, 0.29) is 12.0 Å². The molecule has 0 saturated carbocycles. The molecule has 0 spiro atoms. The number of carbonyl (C=O) groups excluding carboxylic acids is 1. The van der Waals surface area contributed by atoms with Gasteiger partial charge in [-0.05, 0) is 42.2 Å². The number of hydrogen-bond acceptors (Lipinski definition) is 5. The van der Waals surface area contributed by atoms with Gasteiger partial charge < -0.3 is 9.64 Å². The van der Waals surface area contributed by atoms with Gasteiger partial charge in [0.05, 0.1) is 6.20 Å². The molecule has 5 nitrogen and oxygen atoms in total. The van der Waals surface area contributed by atoms with Gasteiger partial charge in [-0.2, -0.15) is 0 Å². The maximum Gasteiger partial charge on any atom is 0.227 e. The number of ether oxygens (including phenoxy) is 1. The largest absolute Gasteiger partial charge is 0.487 e. The summed E-state index contributed by atoms with van der Waals surface area (Å²) in [7, 11) is 1.84. The van der Waals surface area contributed by atoms with Gasteiger partial charge in [0.15, 0.2) is 0 Å². The van der Waals surface area contributed by atoms with E-state index in [1.807, 2.05) is 31.3 Å². The highest BCUT2D eigenvalue weighted by atomic mass is 32.2. The molecule has 0 N–H and O–H groups in total. The third kappa shape index (κ3) is 3.96. The van der Waals surface area contributed by atoms with Crippen molar-refractivity contribution in [3.8, 4) is 16.9 Å². The van der Waals surface area contributed by atoms with Gasteiger partial charge in [0.25, 0.3) is 0 Å². The number of nitrogens with zero attached hydrogens (tertiary/aromatic N) is 3. The Morgan fingerprint density at radius 2 is 2.11 bits per heavy atom. The Kier molecular flexibility index (Phi) is 5.36. The van der Waals surface area contributed by atoms with Crippen LogP contribution < -0.4 is 9.64 Å². The Bertz CT molecular complexity index is 842. The van der Waals surface area contributed by atoms with Crippen LogP contribution >= 0.6 is 11.9 Å². The van der Waals surface area contributed by atoms with Crippen molar-refractivity contribution in [2.45, 2.75) is 32.3 Å². The molecular formula is C21H25N3O2S. The minimum atomic E-state index is 0.180. The van der Waals surface area contributed by atoms with E-state index in [1.165, 1.54) is 5.56 Å². The van der Waals surface area contributed by atoms with Gasteiger partial charge in [-0.25, -0.2) is 4.31 Å². The number of pyridine rings is 1. The average molecular weight is 384 g/mol. The lowest BCUT2D eigenvalue weighted by Crippen LogP contribution is -2.30. The molecule has 4 rings (SSSR count). The van der Waals surface area contributed by atoms with E-state index in [2.05, 4.69) is 34.4 Å². The predicted molar refractivity (Wildman–Crippen MR) is 110 cm³/mol. The summed E-state index contributed by atoms with van der Waals surface area (Å²) in [6.45, 7) is 4.22. The number of amides is 1. The first-order valence-corrected chi connectivity index (χ1v) is 10.5. The Balaban J connectivity index is 1.51. The number of aromatic nitrogens is 1. The average Bonchev–Trinajstić information content (AvgIpc) is 3.12. The summed E-state index contributed by atoms with van der Waals surface area (Å²) in [5.74, 6) is 2.10. The lowest BCUT2D eigenvalue weighted by Gasteiger charge is -2.26. The molecule has 142 valence electrons. The van der Waals surface area contributed by atoms with Crippen LogP contribution in [0.1, 0.15) is 25.3 Å². The van der Waals surface area contributed by atoms with Crippen LogP contribution in [-0.2, 0) is 11.2 Å². The molecule has 2 aliphatic rings. The van der Waals surface area contributed by atoms with E-state index in [4.69, 9.17) is 4.74 Å².